The van der Waals surface area contributed by atoms with Gasteiger partial charge in [0.15, 0.2) is 0 Å². The van der Waals surface area contributed by atoms with Gasteiger partial charge >= 0.3 is 0 Å². The van der Waals surface area contributed by atoms with Crippen molar-refractivity contribution in [2.75, 3.05) is 11.4 Å². The molecule has 0 unspecified atom stereocenters. The first kappa shape index (κ1) is 23.7. The van der Waals surface area contributed by atoms with Gasteiger partial charge in [-0.3, -0.25) is 9.10 Å². The normalized spacial score (nSPS) is 12.7. The molecule has 0 saturated carbocycles. The number of hydrogen-bond donors (Lipinski definition) is 2. The summed E-state index contributed by atoms with van der Waals surface area (Å²) in [7, 11) is -2.16. The van der Waals surface area contributed by atoms with Crippen LogP contribution in [-0.2, 0) is 22.0 Å². The van der Waals surface area contributed by atoms with Gasteiger partial charge in [-0.25, -0.2) is 8.42 Å². The summed E-state index contributed by atoms with van der Waals surface area (Å²) < 4.78 is 26.0. The van der Waals surface area contributed by atoms with E-state index < -0.39 is 21.5 Å². The van der Waals surface area contributed by atoms with Crippen LogP contribution in [0.4, 0.5) is 5.69 Å². The number of amides is 1. The summed E-state index contributed by atoms with van der Waals surface area (Å²) in [5.41, 5.74) is 12.7. The van der Waals surface area contributed by atoms with Crippen LogP contribution < -0.4 is 10.0 Å². The van der Waals surface area contributed by atoms with Crippen LogP contribution in [0.2, 0.25) is 0 Å². The van der Waals surface area contributed by atoms with E-state index in [-0.39, 0.29) is 0 Å². The lowest BCUT2D eigenvalue weighted by Crippen LogP contribution is -2.24. The lowest BCUT2D eigenvalue weighted by molar-refractivity contribution is 0.0785. The maximum absolute atomic E-state index is 12.4. The number of hydrogen-bond acceptors (Lipinski definition) is 4. The fourth-order valence-electron chi connectivity index (χ4n) is 4.65. The van der Waals surface area contributed by atoms with Gasteiger partial charge in [0.2, 0.25) is 5.91 Å². The molecule has 4 rings (SSSR count). The average Bonchev–Trinajstić information content (AvgIpc) is 3.16. The molecule has 3 aromatic carbocycles. The first-order chi connectivity index (χ1) is 15.9. The highest BCUT2D eigenvalue weighted by molar-refractivity contribution is 7.95. The maximum Gasteiger partial charge on any atom is 0.256 e. The number of aliphatic hydroxyl groups is 1. The Balaban J connectivity index is 1.97. The number of nitrogens with two attached hydrogens (primary N) is 1. The van der Waals surface area contributed by atoms with E-state index in [2.05, 4.69) is 6.58 Å². The van der Waals surface area contributed by atoms with Crippen LogP contribution in [0.5, 0.6) is 0 Å². The van der Waals surface area contributed by atoms with Crippen LogP contribution in [0.25, 0.3) is 22.3 Å². The molecular formula is C27H28N2O4S. The van der Waals surface area contributed by atoms with Crippen molar-refractivity contribution in [1.29, 1.82) is 0 Å². The molecule has 0 aromatic heterocycles. The lowest BCUT2D eigenvalue weighted by Gasteiger charge is -2.22. The fraction of sp³-hybridized carbons (Fsp3) is 0.222. The Labute approximate surface area is 200 Å². The van der Waals surface area contributed by atoms with Gasteiger partial charge in [0.1, 0.15) is 0 Å². The Hall–Kier alpha value is -3.42. The summed E-state index contributed by atoms with van der Waals surface area (Å²) in [5, 5.41) is 11.4. The molecule has 176 valence electrons. The number of sulfonamides is 1. The molecule has 0 saturated heterocycles. The van der Waals surface area contributed by atoms with Crippen molar-refractivity contribution >= 4 is 21.6 Å². The molecule has 0 radical (unpaired) electrons. The third-order valence-electron chi connectivity index (χ3n) is 6.55. The molecule has 0 bridgehead atoms. The van der Waals surface area contributed by atoms with E-state index in [4.69, 9.17) is 5.73 Å². The third kappa shape index (κ3) is 3.81. The zero-order valence-corrected chi connectivity index (χ0v) is 20.5. The summed E-state index contributed by atoms with van der Waals surface area (Å²) >= 11 is 0. The topological polar surface area (TPSA) is 101 Å². The fourth-order valence-corrected chi connectivity index (χ4v) is 5.35. The Bertz CT molecular complexity index is 1450. The van der Waals surface area contributed by atoms with Crippen molar-refractivity contribution < 1.29 is 18.3 Å². The van der Waals surface area contributed by atoms with Crippen molar-refractivity contribution in [2.24, 2.45) is 5.73 Å². The molecule has 0 atom stereocenters. The molecule has 1 amide bonds. The van der Waals surface area contributed by atoms with Crippen LogP contribution in [0, 0.1) is 6.92 Å². The minimum atomic E-state index is -3.66. The van der Waals surface area contributed by atoms with Crippen molar-refractivity contribution in [2.45, 2.75) is 32.8 Å². The van der Waals surface area contributed by atoms with E-state index in [0.717, 1.165) is 49.9 Å². The lowest BCUT2D eigenvalue weighted by atomic mass is 9.88. The first-order valence-corrected chi connectivity index (χ1v) is 12.4. The summed E-state index contributed by atoms with van der Waals surface area (Å²) in [4.78, 5) is 12.2. The molecule has 3 N–H and O–H groups in total. The van der Waals surface area contributed by atoms with Gasteiger partial charge < -0.3 is 10.8 Å². The van der Waals surface area contributed by atoms with Crippen molar-refractivity contribution in [3.8, 4) is 22.3 Å². The number of anilines is 1. The first-order valence-electron chi connectivity index (χ1n) is 10.9. The molecule has 0 aliphatic heterocycles. The van der Waals surface area contributed by atoms with E-state index >= 15 is 0 Å². The van der Waals surface area contributed by atoms with Gasteiger partial charge in [-0.05, 0) is 83.8 Å². The van der Waals surface area contributed by atoms with E-state index in [9.17, 15) is 18.3 Å². The number of benzene rings is 3. The molecule has 7 heteroatoms. The third-order valence-corrected chi connectivity index (χ3v) is 7.93. The van der Waals surface area contributed by atoms with Crippen LogP contribution >= 0.6 is 0 Å². The van der Waals surface area contributed by atoms with E-state index in [1.165, 1.54) is 11.4 Å². The molecule has 1 aliphatic carbocycles. The van der Waals surface area contributed by atoms with Crippen molar-refractivity contribution in [3.63, 3.8) is 0 Å². The highest BCUT2D eigenvalue weighted by Crippen LogP contribution is 2.47. The Morgan fingerprint density at radius 3 is 2.41 bits per heavy atom. The van der Waals surface area contributed by atoms with E-state index in [0.29, 0.717) is 17.7 Å². The molecular weight excluding hydrogens is 448 g/mol. The molecule has 1 aliphatic rings. The predicted molar refractivity (Wildman–Crippen MR) is 136 cm³/mol. The highest BCUT2D eigenvalue weighted by atomic mass is 32.2. The summed E-state index contributed by atoms with van der Waals surface area (Å²) in [6, 6.07) is 14.9. The standard InChI is InChI=1S/C27H28N2O4S/c1-6-34(32,33)29(5)24-9-7-8-19(16(24)2)21-12-13-22(26(28)30)23-15-17-14-18(27(3,4)31)10-11-20(17)25(21)23/h6-14,31H,1,15H2,2-5H3,(H2,28,30). The van der Waals surface area contributed by atoms with E-state index in [1.807, 2.05) is 43.3 Å². The summed E-state index contributed by atoms with van der Waals surface area (Å²) in [6.07, 6.45) is 0.518. The minimum absolute atomic E-state index is 0.458. The van der Waals surface area contributed by atoms with Crippen LogP contribution in [0.3, 0.4) is 0 Å². The number of carbonyl (C=O) groups excluding carboxylic acids is 1. The molecule has 3 aromatic rings. The number of nitrogens with zero attached hydrogens (tertiary/aromatic N) is 1. The van der Waals surface area contributed by atoms with Gasteiger partial charge in [0, 0.05) is 18.0 Å². The van der Waals surface area contributed by atoms with Gasteiger partial charge in [0.25, 0.3) is 10.0 Å². The Kier molecular flexibility index (Phi) is 5.66. The van der Waals surface area contributed by atoms with Gasteiger partial charge in [0.05, 0.1) is 11.3 Å². The van der Waals surface area contributed by atoms with Crippen LogP contribution in [0.1, 0.15) is 46.5 Å². The number of primary amides is 1. The summed E-state index contributed by atoms with van der Waals surface area (Å²) in [6.45, 7) is 8.77. The second kappa shape index (κ2) is 8.11. The molecule has 6 nitrogen and oxygen atoms in total. The summed E-state index contributed by atoms with van der Waals surface area (Å²) in [5.74, 6) is -0.499. The highest BCUT2D eigenvalue weighted by Gasteiger charge is 2.29. The Morgan fingerprint density at radius 1 is 1.12 bits per heavy atom. The van der Waals surface area contributed by atoms with Crippen LogP contribution in [-0.4, -0.2) is 26.5 Å². The van der Waals surface area contributed by atoms with Gasteiger partial charge in [-0.1, -0.05) is 43.0 Å². The van der Waals surface area contributed by atoms with Crippen molar-refractivity contribution in [1.82, 2.24) is 0 Å². The number of fused-ring (bicyclic) bond motifs is 3. The van der Waals surface area contributed by atoms with Gasteiger partial charge in [-0.15, -0.1) is 0 Å². The van der Waals surface area contributed by atoms with Gasteiger partial charge in [-0.2, -0.15) is 0 Å². The minimum Gasteiger partial charge on any atom is -0.386 e. The second-order valence-electron chi connectivity index (χ2n) is 9.12. The largest absolute Gasteiger partial charge is 0.386 e. The molecule has 0 spiro atoms. The smallest absolute Gasteiger partial charge is 0.256 e. The SMILES string of the molecule is C=CS(=O)(=O)N(C)c1cccc(-c2ccc(C(N)=O)c3c2-c2ccc(C(C)(C)O)cc2C3)c1C. The molecule has 0 fully saturated rings. The zero-order chi connectivity index (χ0) is 25.0. The maximum atomic E-state index is 12.4. The predicted octanol–water partition coefficient (Wildman–Crippen LogP) is 4.47. The average molecular weight is 477 g/mol. The van der Waals surface area contributed by atoms with Crippen molar-refractivity contribution in [3.05, 3.63) is 88.3 Å². The molecule has 34 heavy (non-hydrogen) atoms. The quantitative estimate of drug-likeness (QED) is 0.429. The van der Waals surface area contributed by atoms with Crippen LogP contribution in [0.15, 0.2) is 60.5 Å². The second-order valence-corrected chi connectivity index (χ2v) is 11.0. The molecule has 0 heterocycles. The number of carbonyl (C=O) groups is 1. The monoisotopic (exact) mass is 476 g/mol. The zero-order valence-electron chi connectivity index (χ0n) is 19.7. The van der Waals surface area contributed by atoms with E-state index in [1.54, 1.807) is 26.0 Å². The Morgan fingerprint density at radius 2 is 1.79 bits per heavy atom. The number of rotatable bonds is 6.